The molecule has 4 aliphatic carbocycles. The van der Waals surface area contributed by atoms with Crippen molar-refractivity contribution in [3.8, 4) is 0 Å². The van der Waals surface area contributed by atoms with Crippen LogP contribution in [0.4, 0.5) is 0 Å². The highest BCUT2D eigenvalue weighted by atomic mass is 16.3. The lowest BCUT2D eigenvalue weighted by molar-refractivity contribution is -0.134. The number of aliphatic hydroxyl groups excluding tert-OH is 1. The monoisotopic (exact) mass is 386 g/mol. The summed E-state index contributed by atoms with van der Waals surface area (Å²) in [5, 5.41) is 11.6. The van der Waals surface area contributed by atoms with Crippen molar-refractivity contribution < 1.29 is 5.11 Å². The third-order valence-electron chi connectivity index (χ3n) is 10.3. The second kappa shape index (κ2) is 7.75. The third-order valence-corrected chi connectivity index (χ3v) is 10.3. The lowest BCUT2D eigenvalue weighted by Gasteiger charge is -2.59. The highest BCUT2D eigenvalue weighted by molar-refractivity contribution is 5.25. The second-order valence-electron chi connectivity index (χ2n) is 12.1. The van der Waals surface area contributed by atoms with Gasteiger partial charge in [0, 0.05) is 0 Å². The van der Waals surface area contributed by atoms with E-state index < -0.39 is 0 Å². The molecule has 8 atom stereocenters. The van der Waals surface area contributed by atoms with Gasteiger partial charge in [-0.1, -0.05) is 72.0 Å². The van der Waals surface area contributed by atoms with Crippen LogP contribution < -0.4 is 0 Å². The largest absolute Gasteiger partial charge is 0.393 e. The molecular weight excluding hydrogens is 340 g/mol. The van der Waals surface area contributed by atoms with Crippen LogP contribution in [-0.4, -0.2) is 11.2 Å². The quantitative estimate of drug-likeness (QED) is 0.488. The Bertz CT molecular complexity index is 591. The van der Waals surface area contributed by atoms with Crippen molar-refractivity contribution in [2.45, 2.75) is 111 Å². The van der Waals surface area contributed by atoms with Crippen LogP contribution in [0.5, 0.6) is 0 Å². The van der Waals surface area contributed by atoms with E-state index in [1.165, 1.54) is 64.2 Å². The number of aliphatic hydroxyl groups is 1. The van der Waals surface area contributed by atoms with E-state index in [0.29, 0.717) is 5.41 Å². The molecular formula is C27H46O. The Labute approximate surface area is 174 Å². The molecule has 0 aromatic carbocycles. The molecule has 28 heavy (non-hydrogen) atoms. The van der Waals surface area contributed by atoms with Crippen molar-refractivity contribution in [2.75, 3.05) is 0 Å². The van der Waals surface area contributed by atoms with E-state index in [1.54, 1.807) is 5.57 Å². The van der Waals surface area contributed by atoms with Crippen LogP contribution in [0.15, 0.2) is 11.6 Å². The van der Waals surface area contributed by atoms with Gasteiger partial charge in [0.25, 0.3) is 0 Å². The zero-order valence-corrected chi connectivity index (χ0v) is 19.3. The fourth-order valence-corrected chi connectivity index (χ4v) is 8.67. The Morgan fingerprint density at radius 1 is 1.07 bits per heavy atom. The molecule has 3 fully saturated rings. The van der Waals surface area contributed by atoms with Crippen LogP contribution in [0, 0.1) is 46.3 Å². The van der Waals surface area contributed by atoms with Gasteiger partial charge in [-0.05, 0) is 91.3 Å². The molecule has 1 nitrogen and oxygen atoms in total. The summed E-state index contributed by atoms with van der Waals surface area (Å²) in [7, 11) is 0. The molecule has 0 aromatic heterocycles. The van der Waals surface area contributed by atoms with Gasteiger partial charge in [0.2, 0.25) is 0 Å². The molecule has 4 aliphatic rings. The maximum absolute atomic E-state index is 11.6. The van der Waals surface area contributed by atoms with E-state index in [4.69, 9.17) is 0 Å². The van der Waals surface area contributed by atoms with Crippen LogP contribution in [0.3, 0.4) is 0 Å². The van der Waals surface area contributed by atoms with Crippen molar-refractivity contribution in [3.05, 3.63) is 11.6 Å². The van der Waals surface area contributed by atoms with Crippen molar-refractivity contribution in [1.82, 2.24) is 0 Å². The summed E-state index contributed by atoms with van der Waals surface area (Å²) in [6.07, 6.45) is 17.2. The van der Waals surface area contributed by atoms with E-state index in [9.17, 15) is 5.11 Å². The van der Waals surface area contributed by atoms with Crippen LogP contribution in [-0.2, 0) is 0 Å². The fraction of sp³-hybridized carbons (Fsp3) is 0.926. The molecule has 0 saturated heterocycles. The second-order valence-corrected chi connectivity index (χ2v) is 12.1. The Kier molecular flexibility index (Phi) is 5.80. The SMILES string of the molecule is CC(C)CCCC(C)[C@H]1CC[C@H]2[C@@H]3CC=C4CCCC[C@]4(C)[C@H]3C[C@@H](O)[C@]12C. The predicted octanol–water partition coefficient (Wildman–Crippen LogP) is 7.39. The van der Waals surface area contributed by atoms with Gasteiger partial charge in [0.05, 0.1) is 6.10 Å². The molecule has 0 radical (unpaired) electrons. The lowest BCUT2D eigenvalue weighted by Crippen LogP contribution is -2.56. The molecule has 0 spiro atoms. The van der Waals surface area contributed by atoms with Crippen molar-refractivity contribution in [2.24, 2.45) is 46.3 Å². The Balaban J connectivity index is 1.54. The number of allylic oxidation sites excluding steroid dienone is 2. The highest BCUT2D eigenvalue weighted by Crippen LogP contribution is 2.67. The van der Waals surface area contributed by atoms with E-state index in [2.05, 4.69) is 40.7 Å². The third kappa shape index (κ3) is 3.23. The van der Waals surface area contributed by atoms with Gasteiger partial charge in [-0.3, -0.25) is 0 Å². The van der Waals surface area contributed by atoms with E-state index in [0.717, 1.165) is 41.9 Å². The Morgan fingerprint density at radius 2 is 1.86 bits per heavy atom. The standard InChI is InChI=1S/C27H46O/c1-18(2)9-8-10-19(3)22-14-15-23-21-13-12-20-11-6-7-16-26(20,4)24(21)17-25(28)27(22,23)5/h12,18-19,21-25,28H,6-11,13-17H2,1-5H3/t19?,21-,22+,23-,24-,25+,26-,27+/m0/s1. The Hall–Kier alpha value is -0.300. The minimum Gasteiger partial charge on any atom is -0.393 e. The van der Waals surface area contributed by atoms with E-state index in [1.807, 2.05) is 0 Å². The molecule has 0 aromatic rings. The van der Waals surface area contributed by atoms with Gasteiger partial charge in [-0.2, -0.15) is 0 Å². The summed E-state index contributed by atoms with van der Waals surface area (Å²) in [5.41, 5.74) is 2.31. The molecule has 0 bridgehead atoms. The smallest absolute Gasteiger partial charge is 0.0602 e. The maximum atomic E-state index is 11.6. The van der Waals surface area contributed by atoms with Gasteiger partial charge >= 0.3 is 0 Å². The number of rotatable bonds is 5. The first-order valence-corrected chi connectivity index (χ1v) is 12.7. The van der Waals surface area contributed by atoms with Gasteiger partial charge in [0.1, 0.15) is 0 Å². The highest BCUT2D eigenvalue weighted by Gasteiger charge is 2.62. The number of fused-ring (bicyclic) bond motifs is 5. The van der Waals surface area contributed by atoms with Crippen LogP contribution in [0.2, 0.25) is 0 Å². The summed E-state index contributed by atoms with van der Waals surface area (Å²) >= 11 is 0. The minimum absolute atomic E-state index is 0.0862. The van der Waals surface area contributed by atoms with Gasteiger partial charge in [-0.15, -0.1) is 0 Å². The molecule has 0 aliphatic heterocycles. The average molecular weight is 387 g/mol. The van der Waals surface area contributed by atoms with Crippen LogP contribution >= 0.6 is 0 Å². The zero-order valence-electron chi connectivity index (χ0n) is 19.3. The first kappa shape index (κ1) is 21.0. The first-order valence-electron chi connectivity index (χ1n) is 12.7. The number of hydrogen-bond acceptors (Lipinski definition) is 1. The predicted molar refractivity (Wildman–Crippen MR) is 119 cm³/mol. The molecule has 0 amide bonds. The topological polar surface area (TPSA) is 20.2 Å². The van der Waals surface area contributed by atoms with Gasteiger partial charge < -0.3 is 5.11 Å². The van der Waals surface area contributed by atoms with Crippen molar-refractivity contribution in [1.29, 1.82) is 0 Å². The number of hydrogen-bond donors (Lipinski definition) is 1. The lowest BCUT2D eigenvalue weighted by atomic mass is 9.46. The van der Waals surface area contributed by atoms with Gasteiger partial charge in [-0.25, -0.2) is 0 Å². The van der Waals surface area contributed by atoms with Crippen LogP contribution in [0.25, 0.3) is 0 Å². The summed E-state index contributed by atoms with van der Waals surface area (Å²) in [6, 6.07) is 0. The molecule has 4 rings (SSSR count). The normalized spacial score (nSPS) is 46.5. The van der Waals surface area contributed by atoms with Gasteiger partial charge in [0.15, 0.2) is 0 Å². The van der Waals surface area contributed by atoms with E-state index >= 15 is 0 Å². The molecule has 1 N–H and O–H groups in total. The maximum Gasteiger partial charge on any atom is 0.0602 e. The molecule has 160 valence electrons. The summed E-state index contributed by atoms with van der Waals surface area (Å²) in [6.45, 7) is 12.3. The van der Waals surface area contributed by atoms with Crippen molar-refractivity contribution in [3.63, 3.8) is 0 Å². The first-order chi connectivity index (χ1) is 13.3. The van der Waals surface area contributed by atoms with Crippen molar-refractivity contribution >= 4 is 0 Å². The minimum atomic E-state index is -0.0862. The Morgan fingerprint density at radius 3 is 2.61 bits per heavy atom. The molecule has 3 saturated carbocycles. The molecule has 1 unspecified atom stereocenters. The summed E-state index contributed by atoms with van der Waals surface area (Å²) in [4.78, 5) is 0. The summed E-state index contributed by atoms with van der Waals surface area (Å²) < 4.78 is 0. The fourth-order valence-electron chi connectivity index (χ4n) is 8.67. The van der Waals surface area contributed by atoms with Crippen LogP contribution in [0.1, 0.15) is 105 Å². The molecule has 1 heteroatoms. The summed E-state index contributed by atoms with van der Waals surface area (Å²) in [5.74, 6) is 4.61. The molecule has 0 heterocycles. The zero-order chi connectivity index (χ0) is 20.1. The van der Waals surface area contributed by atoms with E-state index in [-0.39, 0.29) is 11.5 Å². The average Bonchev–Trinajstić information content (AvgIpc) is 3.01.